The zero-order valence-corrected chi connectivity index (χ0v) is 14.6. The fraction of sp³-hybridized carbons (Fsp3) is 0.333. The normalized spacial score (nSPS) is 10.5. The topological polar surface area (TPSA) is 106 Å². The minimum atomic E-state index is -0.422. The van der Waals surface area contributed by atoms with Gasteiger partial charge in [0.25, 0.3) is 5.56 Å². The van der Waals surface area contributed by atoms with E-state index < -0.39 is 5.56 Å². The second-order valence-electron chi connectivity index (χ2n) is 5.37. The molecule has 1 amide bonds. The fourth-order valence-corrected chi connectivity index (χ4v) is 2.54. The molecule has 1 aromatic heterocycles. The van der Waals surface area contributed by atoms with E-state index in [1.165, 1.54) is 6.92 Å². The maximum Gasteiger partial charge on any atom is 0.294 e. The second-order valence-corrected chi connectivity index (χ2v) is 6.31. The van der Waals surface area contributed by atoms with Crippen molar-refractivity contribution in [3.63, 3.8) is 0 Å². The Morgan fingerprint density at radius 3 is 2.58 bits per heavy atom. The van der Waals surface area contributed by atoms with Crippen LogP contribution in [0.1, 0.15) is 11.3 Å². The number of carbonyl (C=O) groups is 1. The fourth-order valence-electron chi connectivity index (χ4n) is 1.86. The van der Waals surface area contributed by atoms with E-state index in [1.807, 2.05) is 43.3 Å². The number of hydrogen-bond acceptors (Lipinski definition) is 7. The van der Waals surface area contributed by atoms with Gasteiger partial charge in [0.15, 0.2) is 0 Å². The van der Waals surface area contributed by atoms with Crippen molar-refractivity contribution in [1.29, 1.82) is 0 Å². The van der Waals surface area contributed by atoms with Crippen molar-refractivity contribution < 1.29 is 4.79 Å². The van der Waals surface area contributed by atoms with E-state index in [-0.39, 0.29) is 22.5 Å². The number of anilines is 1. The molecule has 128 valence electrons. The monoisotopic (exact) mass is 348 g/mol. The number of nitrogens with one attached hydrogen (secondary N) is 1. The van der Waals surface area contributed by atoms with E-state index in [2.05, 4.69) is 15.5 Å². The van der Waals surface area contributed by atoms with Gasteiger partial charge in [0.2, 0.25) is 11.1 Å². The highest BCUT2D eigenvalue weighted by molar-refractivity contribution is 7.99. The number of aryl methyl sites for hydroxylation is 1. The molecule has 0 unspecified atom stereocenters. The van der Waals surface area contributed by atoms with E-state index in [1.54, 1.807) is 0 Å². The molecule has 9 heteroatoms. The molecular formula is C15H20N6O2S. The molecule has 2 aromatic rings. The number of amides is 1. The van der Waals surface area contributed by atoms with Crippen LogP contribution in [0.25, 0.3) is 0 Å². The highest BCUT2D eigenvalue weighted by Gasteiger charge is 2.10. The van der Waals surface area contributed by atoms with Gasteiger partial charge in [0, 0.05) is 26.3 Å². The van der Waals surface area contributed by atoms with Gasteiger partial charge in [-0.2, -0.15) is 4.68 Å². The van der Waals surface area contributed by atoms with E-state index in [9.17, 15) is 9.59 Å². The molecule has 1 aromatic carbocycles. The van der Waals surface area contributed by atoms with Gasteiger partial charge in [-0.1, -0.05) is 23.9 Å². The lowest BCUT2D eigenvalue weighted by molar-refractivity contribution is -0.118. The molecule has 0 aliphatic heterocycles. The average molecular weight is 348 g/mol. The first-order chi connectivity index (χ1) is 11.4. The van der Waals surface area contributed by atoms with Gasteiger partial charge < -0.3 is 16.1 Å². The first-order valence-electron chi connectivity index (χ1n) is 7.25. The molecule has 1 heterocycles. The summed E-state index contributed by atoms with van der Waals surface area (Å²) in [5.41, 5.74) is 1.89. The minimum Gasteiger partial charge on any atom is -0.378 e. The summed E-state index contributed by atoms with van der Waals surface area (Å²) in [4.78, 5) is 25.6. The van der Waals surface area contributed by atoms with Crippen LogP contribution in [-0.4, -0.2) is 40.6 Å². The number of hydrogen-bond donors (Lipinski definition) is 2. The summed E-state index contributed by atoms with van der Waals surface area (Å²) in [5, 5.41) is 10.6. The maximum absolute atomic E-state index is 11.9. The summed E-state index contributed by atoms with van der Waals surface area (Å²) in [6, 6.07) is 7.91. The zero-order valence-electron chi connectivity index (χ0n) is 13.8. The molecule has 0 spiro atoms. The first kappa shape index (κ1) is 17.8. The molecular weight excluding hydrogens is 328 g/mol. The number of rotatable bonds is 6. The molecule has 0 atom stereocenters. The van der Waals surface area contributed by atoms with Gasteiger partial charge in [-0.05, 0) is 24.6 Å². The van der Waals surface area contributed by atoms with Crippen molar-refractivity contribution in [2.75, 3.05) is 30.6 Å². The van der Waals surface area contributed by atoms with Gasteiger partial charge >= 0.3 is 0 Å². The molecule has 0 aliphatic carbocycles. The van der Waals surface area contributed by atoms with Crippen LogP contribution < -0.4 is 21.6 Å². The number of nitrogens with zero attached hydrogens (tertiary/aromatic N) is 4. The van der Waals surface area contributed by atoms with Crippen molar-refractivity contribution in [2.24, 2.45) is 0 Å². The van der Waals surface area contributed by atoms with Gasteiger partial charge in [0.05, 0.1) is 5.75 Å². The molecule has 0 saturated carbocycles. The maximum atomic E-state index is 11.9. The SMILES string of the molecule is Cc1nnc(SCC(=O)NCc2ccc(N(C)C)cc2)n(N)c1=O. The van der Waals surface area contributed by atoms with Gasteiger partial charge in [-0.25, -0.2) is 0 Å². The lowest BCUT2D eigenvalue weighted by Gasteiger charge is -2.13. The van der Waals surface area contributed by atoms with Crippen molar-refractivity contribution >= 4 is 23.4 Å². The van der Waals surface area contributed by atoms with Crippen LogP contribution in [0.4, 0.5) is 5.69 Å². The highest BCUT2D eigenvalue weighted by atomic mass is 32.2. The van der Waals surface area contributed by atoms with Crippen molar-refractivity contribution in [2.45, 2.75) is 18.6 Å². The molecule has 3 N–H and O–H groups in total. The second kappa shape index (κ2) is 7.82. The summed E-state index contributed by atoms with van der Waals surface area (Å²) in [6.45, 7) is 1.96. The Balaban J connectivity index is 1.85. The minimum absolute atomic E-state index is 0.101. The molecule has 0 radical (unpaired) electrons. The lowest BCUT2D eigenvalue weighted by Crippen LogP contribution is -2.33. The molecule has 24 heavy (non-hydrogen) atoms. The van der Waals surface area contributed by atoms with Crippen LogP contribution in [0.2, 0.25) is 0 Å². The Labute approximate surface area is 144 Å². The van der Waals surface area contributed by atoms with Crippen LogP contribution in [-0.2, 0) is 11.3 Å². The van der Waals surface area contributed by atoms with Gasteiger partial charge in [-0.3, -0.25) is 9.59 Å². The number of carbonyl (C=O) groups excluding carboxylic acids is 1. The van der Waals surface area contributed by atoms with Gasteiger partial charge in [0.1, 0.15) is 5.69 Å². The van der Waals surface area contributed by atoms with Crippen LogP contribution in [0.15, 0.2) is 34.2 Å². The molecule has 0 bridgehead atoms. The summed E-state index contributed by atoms with van der Waals surface area (Å²) in [5.74, 6) is 5.55. The Morgan fingerprint density at radius 2 is 1.96 bits per heavy atom. The Bertz CT molecular complexity index is 773. The predicted molar refractivity (Wildman–Crippen MR) is 94.5 cm³/mol. The lowest BCUT2D eigenvalue weighted by atomic mass is 10.2. The summed E-state index contributed by atoms with van der Waals surface area (Å²) in [7, 11) is 3.94. The Kier molecular flexibility index (Phi) is 5.80. The molecule has 2 rings (SSSR count). The summed E-state index contributed by atoms with van der Waals surface area (Å²) in [6.07, 6.45) is 0. The molecule has 0 saturated heterocycles. The standard InChI is InChI=1S/C15H20N6O2S/c1-10-14(23)21(16)15(19-18-10)24-9-13(22)17-8-11-4-6-12(7-5-11)20(2)3/h4-7H,8-9,16H2,1-3H3,(H,17,22). The van der Waals surface area contributed by atoms with Gasteiger partial charge in [-0.15, -0.1) is 10.2 Å². The van der Waals surface area contributed by atoms with E-state index in [0.717, 1.165) is 27.7 Å². The zero-order chi connectivity index (χ0) is 17.7. The smallest absolute Gasteiger partial charge is 0.294 e. The molecule has 8 nitrogen and oxygen atoms in total. The Hall–Kier alpha value is -2.55. The van der Waals surface area contributed by atoms with E-state index >= 15 is 0 Å². The quantitative estimate of drug-likeness (QED) is 0.565. The van der Waals surface area contributed by atoms with Crippen LogP contribution in [0.5, 0.6) is 0 Å². The number of nitrogens with two attached hydrogens (primary N) is 1. The third kappa shape index (κ3) is 4.48. The van der Waals surface area contributed by atoms with Crippen molar-refractivity contribution in [1.82, 2.24) is 20.2 Å². The summed E-state index contributed by atoms with van der Waals surface area (Å²) < 4.78 is 0.903. The molecule has 0 fully saturated rings. The van der Waals surface area contributed by atoms with Crippen LogP contribution in [0.3, 0.4) is 0 Å². The van der Waals surface area contributed by atoms with Crippen molar-refractivity contribution in [3.8, 4) is 0 Å². The number of thioether (sulfide) groups is 1. The summed E-state index contributed by atoms with van der Waals surface area (Å²) >= 11 is 1.07. The predicted octanol–water partition coefficient (Wildman–Crippen LogP) is 0.135. The largest absolute Gasteiger partial charge is 0.378 e. The molecule has 0 aliphatic rings. The van der Waals surface area contributed by atoms with Crippen molar-refractivity contribution in [3.05, 3.63) is 45.9 Å². The third-order valence-electron chi connectivity index (χ3n) is 3.29. The number of aromatic nitrogens is 3. The van der Waals surface area contributed by atoms with Crippen LogP contribution >= 0.6 is 11.8 Å². The van der Waals surface area contributed by atoms with Crippen LogP contribution in [0, 0.1) is 6.92 Å². The Morgan fingerprint density at radius 1 is 1.29 bits per heavy atom. The average Bonchev–Trinajstić information content (AvgIpc) is 2.57. The number of nitrogen functional groups attached to an aromatic ring is 1. The van der Waals surface area contributed by atoms with E-state index in [4.69, 9.17) is 5.84 Å². The number of benzene rings is 1. The third-order valence-corrected chi connectivity index (χ3v) is 4.24. The first-order valence-corrected chi connectivity index (χ1v) is 8.24. The van der Waals surface area contributed by atoms with E-state index in [0.29, 0.717) is 6.54 Å². The highest BCUT2D eigenvalue weighted by Crippen LogP contribution is 2.13.